The van der Waals surface area contributed by atoms with Gasteiger partial charge >= 0.3 is 0 Å². The molecule has 2 aromatic heterocycles. The van der Waals surface area contributed by atoms with Crippen LogP contribution in [0.5, 0.6) is 0 Å². The average molecular weight is 349 g/mol. The Morgan fingerprint density at radius 3 is 2.79 bits per heavy atom. The molecule has 0 aliphatic heterocycles. The van der Waals surface area contributed by atoms with Crippen LogP contribution in [-0.2, 0) is 18.4 Å². The third kappa shape index (κ3) is 2.93. The monoisotopic (exact) mass is 348 g/mol. The Labute approximate surface area is 141 Å². The van der Waals surface area contributed by atoms with Crippen LogP contribution in [0.4, 0.5) is 11.5 Å². The molecule has 2 heterocycles. The van der Waals surface area contributed by atoms with E-state index in [0.29, 0.717) is 16.7 Å². The van der Waals surface area contributed by atoms with Crippen molar-refractivity contribution < 1.29 is 9.72 Å². The van der Waals surface area contributed by atoms with Gasteiger partial charge in [0.05, 0.1) is 27.4 Å². The number of anilines is 1. The van der Waals surface area contributed by atoms with Crippen molar-refractivity contribution in [3.63, 3.8) is 0 Å². The summed E-state index contributed by atoms with van der Waals surface area (Å²) in [4.78, 5) is 22.5. The number of nitrogens with zero attached hydrogens (tertiary/aromatic N) is 5. The van der Waals surface area contributed by atoms with Crippen molar-refractivity contribution in [3.8, 4) is 0 Å². The fourth-order valence-corrected chi connectivity index (χ4v) is 2.76. The van der Waals surface area contributed by atoms with Crippen LogP contribution < -0.4 is 5.32 Å². The molecule has 3 aromatic rings. The van der Waals surface area contributed by atoms with Crippen LogP contribution in [-0.4, -0.2) is 30.4 Å². The van der Waals surface area contributed by atoms with E-state index in [2.05, 4.69) is 15.5 Å². The second-order valence-corrected chi connectivity index (χ2v) is 5.67. The fourth-order valence-electron chi connectivity index (χ4n) is 2.44. The third-order valence-electron chi connectivity index (χ3n) is 3.45. The molecule has 0 atom stereocenters. The maximum Gasteiger partial charge on any atom is 0.271 e. The predicted molar refractivity (Wildman–Crippen MR) is 88.0 cm³/mol. The molecule has 0 bridgehead atoms. The summed E-state index contributed by atoms with van der Waals surface area (Å²) in [6, 6.07) is 4.35. The van der Waals surface area contributed by atoms with E-state index in [1.54, 1.807) is 17.8 Å². The van der Waals surface area contributed by atoms with E-state index in [9.17, 15) is 14.9 Å². The minimum atomic E-state index is -0.528. The molecule has 1 N–H and O–H groups in total. The maximum absolute atomic E-state index is 12.2. The Bertz CT molecular complexity index is 961. The second kappa shape index (κ2) is 5.93. The number of rotatable bonds is 4. The van der Waals surface area contributed by atoms with Crippen molar-refractivity contribution in [1.29, 1.82) is 0 Å². The first-order valence-corrected chi connectivity index (χ1v) is 7.33. The lowest BCUT2D eigenvalue weighted by molar-refractivity contribution is -0.384. The Balaban J connectivity index is 1.86. The highest BCUT2D eigenvalue weighted by molar-refractivity contribution is 6.35. The van der Waals surface area contributed by atoms with Crippen LogP contribution in [0.1, 0.15) is 5.69 Å². The Morgan fingerprint density at radius 1 is 1.42 bits per heavy atom. The van der Waals surface area contributed by atoms with E-state index in [1.807, 2.05) is 6.92 Å². The first kappa shape index (κ1) is 15.9. The molecule has 3 rings (SSSR count). The number of halogens is 1. The van der Waals surface area contributed by atoms with Crippen LogP contribution in [0.2, 0.25) is 5.02 Å². The van der Waals surface area contributed by atoms with Gasteiger partial charge in [-0.3, -0.25) is 24.3 Å². The van der Waals surface area contributed by atoms with E-state index in [-0.39, 0.29) is 23.2 Å². The molecule has 0 spiro atoms. The zero-order valence-electron chi connectivity index (χ0n) is 12.9. The molecule has 0 radical (unpaired) electrons. The summed E-state index contributed by atoms with van der Waals surface area (Å²) in [5, 5.41) is 22.5. The van der Waals surface area contributed by atoms with Crippen LogP contribution in [0.25, 0.3) is 10.9 Å². The van der Waals surface area contributed by atoms with Gasteiger partial charge in [0, 0.05) is 30.6 Å². The van der Waals surface area contributed by atoms with Crippen LogP contribution in [0.3, 0.4) is 0 Å². The van der Waals surface area contributed by atoms with Crippen molar-refractivity contribution in [2.45, 2.75) is 13.5 Å². The molecule has 0 saturated carbocycles. The summed E-state index contributed by atoms with van der Waals surface area (Å²) in [6.45, 7) is 1.74. The number of fused-ring (bicyclic) bond motifs is 1. The molecular weight excluding hydrogens is 336 g/mol. The van der Waals surface area contributed by atoms with Gasteiger partial charge in [-0.25, -0.2) is 0 Å². The highest BCUT2D eigenvalue weighted by Crippen LogP contribution is 2.29. The van der Waals surface area contributed by atoms with Crippen molar-refractivity contribution >= 4 is 39.9 Å². The predicted octanol–water partition coefficient (Wildman–Crippen LogP) is 2.28. The molecule has 0 aliphatic carbocycles. The third-order valence-corrected chi connectivity index (χ3v) is 3.73. The summed E-state index contributed by atoms with van der Waals surface area (Å²) in [7, 11) is 1.72. The van der Waals surface area contributed by atoms with Crippen molar-refractivity contribution in [1.82, 2.24) is 19.6 Å². The second-order valence-electron chi connectivity index (χ2n) is 5.27. The fraction of sp³-hybridized carbons (Fsp3) is 0.214. The first-order chi connectivity index (χ1) is 11.3. The van der Waals surface area contributed by atoms with Gasteiger partial charge in [-0.2, -0.15) is 10.2 Å². The Hall–Kier alpha value is -2.94. The summed E-state index contributed by atoms with van der Waals surface area (Å²) >= 11 is 6.11. The summed E-state index contributed by atoms with van der Waals surface area (Å²) in [5.41, 5.74) is 1.13. The lowest BCUT2D eigenvalue weighted by atomic mass is 10.2. The number of hydrogen-bond donors (Lipinski definition) is 1. The molecule has 0 saturated heterocycles. The Morgan fingerprint density at radius 2 is 2.17 bits per heavy atom. The van der Waals surface area contributed by atoms with E-state index in [0.717, 1.165) is 5.69 Å². The van der Waals surface area contributed by atoms with Crippen molar-refractivity contribution in [3.05, 3.63) is 45.2 Å². The molecule has 1 amide bonds. The van der Waals surface area contributed by atoms with Gasteiger partial charge in [0.15, 0.2) is 0 Å². The number of aryl methyl sites for hydroxylation is 2. The number of non-ortho nitro benzene ring substituents is 1. The van der Waals surface area contributed by atoms with Gasteiger partial charge in [0.2, 0.25) is 5.91 Å². The normalized spacial score (nSPS) is 11.0. The van der Waals surface area contributed by atoms with E-state index < -0.39 is 4.92 Å². The molecule has 124 valence electrons. The SMILES string of the molecule is Cc1cc(NC(=O)Cn2ncc3cc([N+](=O)[O-])cc(Cl)c32)n(C)n1. The smallest absolute Gasteiger partial charge is 0.271 e. The quantitative estimate of drug-likeness (QED) is 0.574. The molecule has 0 unspecified atom stereocenters. The van der Waals surface area contributed by atoms with Gasteiger partial charge in [-0.15, -0.1) is 0 Å². The zero-order valence-corrected chi connectivity index (χ0v) is 13.6. The summed E-state index contributed by atoms with van der Waals surface area (Å²) < 4.78 is 2.96. The number of amides is 1. The summed E-state index contributed by atoms with van der Waals surface area (Å²) in [5.74, 6) is 0.258. The lowest BCUT2D eigenvalue weighted by Crippen LogP contribution is -2.21. The number of carbonyl (C=O) groups excluding carboxylic acids is 1. The molecule has 10 heteroatoms. The van der Waals surface area contributed by atoms with Crippen molar-refractivity contribution in [2.24, 2.45) is 7.05 Å². The highest BCUT2D eigenvalue weighted by Gasteiger charge is 2.16. The molecule has 9 nitrogen and oxygen atoms in total. The van der Waals surface area contributed by atoms with E-state index >= 15 is 0 Å². The molecule has 24 heavy (non-hydrogen) atoms. The number of aromatic nitrogens is 4. The molecule has 0 aliphatic rings. The first-order valence-electron chi connectivity index (χ1n) is 6.95. The minimum Gasteiger partial charge on any atom is -0.309 e. The highest BCUT2D eigenvalue weighted by atomic mass is 35.5. The van der Waals surface area contributed by atoms with Crippen LogP contribution in [0.15, 0.2) is 24.4 Å². The zero-order chi connectivity index (χ0) is 17.4. The van der Waals surface area contributed by atoms with Gasteiger partial charge in [0.25, 0.3) is 5.69 Å². The number of nitro benzene ring substituents is 1. The Kier molecular flexibility index (Phi) is 3.94. The van der Waals surface area contributed by atoms with Crippen LogP contribution >= 0.6 is 11.6 Å². The molecular formula is C14H13ClN6O3. The average Bonchev–Trinajstić information content (AvgIpc) is 3.02. The number of nitro groups is 1. The minimum absolute atomic E-state index is 0.0781. The van der Waals surface area contributed by atoms with Crippen molar-refractivity contribution in [2.75, 3.05) is 5.32 Å². The van der Waals surface area contributed by atoms with Gasteiger partial charge < -0.3 is 5.32 Å². The van der Waals surface area contributed by atoms with Crippen LogP contribution in [0, 0.1) is 17.0 Å². The number of hydrogen-bond acceptors (Lipinski definition) is 5. The van der Waals surface area contributed by atoms with E-state index in [4.69, 9.17) is 11.6 Å². The lowest BCUT2D eigenvalue weighted by Gasteiger charge is -2.07. The van der Waals surface area contributed by atoms with Gasteiger partial charge in [0.1, 0.15) is 12.4 Å². The molecule has 1 aromatic carbocycles. The van der Waals surface area contributed by atoms with Gasteiger partial charge in [-0.1, -0.05) is 11.6 Å². The standard InChI is InChI=1S/C14H13ClN6O3/c1-8-3-12(19(2)18-8)17-13(22)7-20-14-9(6-16-20)4-10(21(23)24)5-11(14)15/h3-6H,7H2,1-2H3,(H,17,22). The largest absolute Gasteiger partial charge is 0.309 e. The number of nitrogens with one attached hydrogen (secondary N) is 1. The van der Waals surface area contributed by atoms with E-state index in [1.165, 1.54) is 23.0 Å². The van der Waals surface area contributed by atoms with Gasteiger partial charge in [-0.05, 0) is 6.92 Å². The number of benzene rings is 1. The maximum atomic E-state index is 12.2. The topological polar surface area (TPSA) is 108 Å². The summed E-state index contributed by atoms with van der Waals surface area (Å²) in [6.07, 6.45) is 1.44. The number of carbonyl (C=O) groups is 1. The molecule has 0 fully saturated rings.